The first-order chi connectivity index (χ1) is 17.5. The molecule has 1 aliphatic rings. The zero-order valence-corrected chi connectivity index (χ0v) is 20.9. The predicted octanol–water partition coefficient (Wildman–Crippen LogP) is 5.26. The van der Waals surface area contributed by atoms with Crippen molar-refractivity contribution in [3.63, 3.8) is 0 Å². The van der Waals surface area contributed by atoms with Gasteiger partial charge in [0.25, 0.3) is 0 Å². The van der Waals surface area contributed by atoms with Crippen molar-refractivity contribution >= 4 is 16.9 Å². The second-order valence-corrected chi connectivity index (χ2v) is 9.71. The number of likely N-dealkylation sites (tertiary alicyclic amines) is 1. The minimum absolute atomic E-state index is 0.0396. The van der Waals surface area contributed by atoms with Crippen molar-refractivity contribution in [1.29, 1.82) is 0 Å². The highest BCUT2D eigenvalue weighted by atomic mass is 19.1. The normalized spacial score (nSPS) is 19.3. The third-order valence-corrected chi connectivity index (χ3v) is 7.31. The van der Waals surface area contributed by atoms with Crippen LogP contribution in [0.4, 0.5) is 4.39 Å². The number of unbranched alkanes of at least 4 members (excludes halogenated alkanes) is 1. The first-order valence-electron chi connectivity index (χ1n) is 12.8. The molecular weight excluding hydrogens is 459 g/mol. The van der Waals surface area contributed by atoms with Gasteiger partial charge in [-0.3, -0.25) is 9.78 Å². The van der Waals surface area contributed by atoms with Crippen molar-refractivity contribution in [1.82, 2.24) is 20.1 Å². The van der Waals surface area contributed by atoms with Crippen LogP contribution in [0.5, 0.6) is 5.75 Å². The van der Waals surface area contributed by atoms with E-state index in [0.29, 0.717) is 24.2 Å². The number of pyridine rings is 1. The minimum Gasteiger partial charge on any atom is -0.497 e. The molecule has 1 saturated heterocycles. The molecule has 0 radical (unpaired) electrons. The highest BCUT2D eigenvalue weighted by Gasteiger charge is 2.31. The number of fused-ring (bicyclic) bond motifs is 1. The topological polar surface area (TPSA) is 88.4 Å². The maximum absolute atomic E-state index is 15.5. The molecule has 3 atom stereocenters. The number of hydrogen-bond acceptors (Lipinski definition) is 6. The number of aryl methyl sites for hydroxylation is 1. The van der Waals surface area contributed by atoms with Gasteiger partial charge in [0.05, 0.1) is 18.3 Å². The van der Waals surface area contributed by atoms with Gasteiger partial charge in [0.15, 0.2) is 0 Å². The van der Waals surface area contributed by atoms with Crippen LogP contribution in [0.3, 0.4) is 0 Å². The molecule has 1 fully saturated rings. The second kappa shape index (κ2) is 12.7. The number of nitrogens with zero attached hydrogens (tertiary/aromatic N) is 4. The monoisotopic (exact) mass is 494 g/mol. The lowest BCUT2D eigenvalue weighted by molar-refractivity contribution is -0.139. The Bertz CT molecular complexity index is 1130. The number of aromatic nitrogens is 3. The fourth-order valence-electron chi connectivity index (χ4n) is 5.37. The summed E-state index contributed by atoms with van der Waals surface area (Å²) in [4.78, 5) is 18.3. The summed E-state index contributed by atoms with van der Waals surface area (Å²) in [5, 5.41) is 18.3. The summed E-state index contributed by atoms with van der Waals surface area (Å²) in [6.45, 7) is 2.63. The zero-order valence-electron chi connectivity index (χ0n) is 20.9. The van der Waals surface area contributed by atoms with Gasteiger partial charge < -0.3 is 14.7 Å². The third kappa shape index (κ3) is 6.97. The van der Waals surface area contributed by atoms with Crippen LogP contribution in [-0.2, 0) is 11.2 Å². The molecule has 192 valence electrons. The first kappa shape index (κ1) is 25.9. The quantitative estimate of drug-likeness (QED) is 0.344. The summed E-state index contributed by atoms with van der Waals surface area (Å²) in [5.41, 5.74) is 2.36. The van der Waals surface area contributed by atoms with Gasteiger partial charge in [-0.2, -0.15) is 10.2 Å². The summed E-state index contributed by atoms with van der Waals surface area (Å²) in [6, 6.07) is 11.1. The van der Waals surface area contributed by atoms with Crippen LogP contribution < -0.4 is 4.74 Å². The van der Waals surface area contributed by atoms with E-state index in [0.717, 1.165) is 61.9 Å². The van der Waals surface area contributed by atoms with E-state index in [1.165, 1.54) is 0 Å². The van der Waals surface area contributed by atoms with E-state index in [1.54, 1.807) is 25.6 Å². The van der Waals surface area contributed by atoms with Crippen LogP contribution in [-0.4, -0.2) is 57.9 Å². The van der Waals surface area contributed by atoms with Gasteiger partial charge in [0.2, 0.25) is 0 Å². The number of ether oxygens (including phenoxy) is 1. The van der Waals surface area contributed by atoms with Crippen LogP contribution in [0, 0.1) is 11.8 Å². The van der Waals surface area contributed by atoms with Crippen LogP contribution in [0.1, 0.15) is 56.0 Å². The molecule has 0 bridgehead atoms. The lowest BCUT2D eigenvalue weighted by Gasteiger charge is -2.38. The second-order valence-electron chi connectivity index (χ2n) is 9.71. The van der Waals surface area contributed by atoms with E-state index in [4.69, 9.17) is 4.74 Å². The number of halogens is 1. The number of piperidine rings is 1. The first-order valence-corrected chi connectivity index (χ1v) is 12.8. The maximum atomic E-state index is 15.5. The number of rotatable bonds is 12. The Balaban J connectivity index is 1.31. The van der Waals surface area contributed by atoms with Gasteiger partial charge in [-0.1, -0.05) is 0 Å². The molecule has 1 aliphatic heterocycles. The van der Waals surface area contributed by atoms with Crippen LogP contribution in [0.15, 0.2) is 48.8 Å². The number of carboxylic acids is 1. The Labute approximate surface area is 211 Å². The average molecular weight is 495 g/mol. The summed E-state index contributed by atoms with van der Waals surface area (Å²) < 4.78 is 20.8. The molecule has 2 aromatic heterocycles. The standard InChI is InChI=1S/C28H35FN4O3/c1-36-23-8-10-27-25(18-23)24(11-14-30-27)26(29)9-7-20-12-16-33(19-21(20)17-28(34)35)15-3-2-5-22-6-4-13-31-32-22/h4,6,8,10-11,13-14,18,20-21,26H,2-3,5,7,9,12,15-17,19H2,1H3,(H,34,35)/t20-,21+,26?/m1/s1. The highest BCUT2D eigenvalue weighted by Crippen LogP contribution is 2.36. The molecule has 7 nitrogen and oxygen atoms in total. The molecule has 8 heteroatoms. The van der Waals surface area contributed by atoms with Gasteiger partial charge in [-0.15, -0.1) is 0 Å². The molecule has 36 heavy (non-hydrogen) atoms. The third-order valence-electron chi connectivity index (χ3n) is 7.31. The van der Waals surface area contributed by atoms with Crippen molar-refractivity contribution in [3.05, 3.63) is 60.0 Å². The predicted molar refractivity (Wildman–Crippen MR) is 137 cm³/mol. The Kier molecular flexibility index (Phi) is 9.17. The van der Waals surface area contributed by atoms with Gasteiger partial charge in [0.1, 0.15) is 11.9 Å². The summed E-state index contributed by atoms with van der Waals surface area (Å²) in [6.07, 6.45) is 7.23. The van der Waals surface area contributed by atoms with Crippen molar-refractivity contribution in [2.75, 3.05) is 26.7 Å². The zero-order chi connectivity index (χ0) is 25.3. The Morgan fingerprint density at radius 2 is 2.11 bits per heavy atom. The van der Waals surface area contributed by atoms with Crippen molar-refractivity contribution in [2.45, 2.75) is 51.1 Å². The molecule has 4 rings (SSSR count). The SMILES string of the molecule is COc1ccc2nccc(C(F)CC[C@@H]3CCN(CCCCc4cccnn4)C[C@@H]3CC(=O)O)c2c1. The number of aliphatic carboxylic acids is 1. The molecule has 0 saturated carbocycles. The summed E-state index contributed by atoms with van der Waals surface area (Å²) >= 11 is 0. The van der Waals surface area contributed by atoms with Crippen LogP contribution in [0.2, 0.25) is 0 Å². The van der Waals surface area contributed by atoms with E-state index in [9.17, 15) is 9.90 Å². The molecule has 1 aromatic carbocycles. The fraction of sp³-hybridized carbons (Fsp3) is 0.500. The van der Waals surface area contributed by atoms with Gasteiger partial charge in [-0.05, 0) is 105 Å². The highest BCUT2D eigenvalue weighted by molar-refractivity contribution is 5.83. The number of methoxy groups -OCH3 is 1. The van der Waals surface area contributed by atoms with E-state index < -0.39 is 12.1 Å². The maximum Gasteiger partial charge on any atom is 0.303 e. The van der Waals surface area contributed by atoms with Crippen molar-refractivity contribution in [2.24, 2.45) is 11.8 Å². The Morgan fingerprint density at radius 3 is 2.89 bits per heavy atom. The van der Waals surface area contributed by atoms with Crippen LogP contribution >= 0.6 is 0 Å². The average Bonchev–Trinajstić information content (AvgIpc) is 2.90. The van der Waals surface area contributed by atoms with Crippen LogP contribution in [0.25, 0.3) is 10.9 Å². The number of alkyl halides is 1. The smallest absolute Gasteiger partial charge is 0.303 e. The van der Waals surface area contributed by atoms with Gasteiger partial charge in [-0.25, -0.2) is 4.39 Å². The molecular formula is C28H35FN4O3. The van der Waals surface area contributed by atoms with Gasteiger partial charge in [0, 0.05) is 30.7 Å². The van der Waals surface area contributed by atoms with E-state index in [2.05, 4.69) is 20.1 Å². The van der Waals surface area contributed by atoms with Crippen molar-refractivity contribution in [3.8, 4) is 5.75 Å². The Morgan fingerprint density at radius 1 is 1.22 bits per heavy atom. The lowest BCUT2D eigenvalue weighted by Crippen LogP contribution is -2.41. The number of carboxylic acid groups (broad SMARTS) is 1. The molecule has 0 spiro atoms. The molecule has 0 amide bonds. The van der Waals surface area contributed by atoms with Gasteiger partial charge >= 0.3 is 5.97 Å². The number of benzene rings is 1. The summed E-state index contributed by atoms with van der Waals surface area (Å²) in [5.74, 6) is 0.142. The minimum atomic E-state index is -1.13. The molecule has 1 N–H and O–H groups in total. The van der Waals surface area contributed by atoms with E-state index in [1.807, 2.05) is 30.3 Å². The largest absolute Gasteiger partial charge is 0.497 e. The molecule has 1 unspecified atom stereocenters. The lowest BCUT2D eigenvalue weighted by atomic mass is 9.79. The fourth-order valence-corrected chi connectivity index (χ4v) is 5.37. The Hall–Kier alpha value is -3.13. The molecule has 3 aromatic rings. The number of carbonyl (C=O) groups is 1. The van der Waals surface area contributed by atoms with E-state index >= 15 is 4.39 Å². The molecule has 0 aliphatic carbocycles. The van der Waals surface area contributed by atoms with Crippen molar-refractivity contribution < 1.29 is 19.0 Å². The molecule has 3 heterocycles. The number of hydrogen-bond donors (Lipinski definition) is 1. The summed E-state index contributed by atoms with van der Waals surface area (Å²) in [7, 11) is 1.59. The van der Waals surface area contributed by atoms with E-state index in [-0.39, 0.29) is 18.3 Å².